The van der Waals surface area contributed by atoms with Crippen LogP contribution in [-0.4, -0.2) is 28.6 Å². The highest BCUT2D eigenvalue weighted by Crippen LogP contribution is 2.55. The third kappa shape index (κ3) is 3.38. The highest BCUT2D eigenvalue weighted by Gasteiger charge is 2.57. The summed E-state index contributed by atoms with van der Waals surface area (Å²) in [4.78, 5) is 20.4. The summed E-state index contributed by atoms with van der Waals surface area (Å²) in [6.45, 7) is 0.224. The van der Waals surface area contributed by atoms with Crippen LogP contribution in [0.1, 0.15) is 11.5 Å². The van der Waals surface area contributed by atoms with Gasteiger partial charge < -0.3 is 14.8 Å². The number of urea groups is 1. The number of pyridine rings is 2. The first-order valence-electron chi connectivity index (χ1n) is 9.32. The van der Waals surface area contributed by atoms with E-state index >= 15 is 0 Å². The molecule has 1 aromatic carbocycles. The predicted molar refractivity (Wildman–Crippen MR) is 103 cm³/mol. The molecule has 30 heavy (non-hydrogen) atoms. The maximum atomic E-state index is 14.2. The number of fused-ring (bicyclic) bond motifs is 3. The molecular weight excluding hydrogens is 394 g/mol. The average molecular weight is 410 g/mol. The van der Waals surface area contributed by atoms with Crippen LogP contribution in [0.3, 0.4) is 0 Å². The van der Waals surface area contributed by atoms with Gasteiger partial charge in [-0.3, -0.25) is 10.3 Å². The molecule has 1 aliphatic carbocycles. The normalized spacial score (nSPS) is 20.9. The lowest BCUT2D eigenvalue weighted by Gasteiger charge is -2.16. The topological polar surface area (TPSA) is 85.4 Å². The number of benzene rings is 1. The fraction of sp³-hybridized carbons (Fsp3) is 0.190. The molecule has 3 unspecified atom stereocenters. The number of nitrogens with zero attached hydrogens (tertiary/aromatic N) is 2. The monoisotopic (exact) mass is 410 g/mol. The number of carbonyl (C=O) groups excluding carboxylic acids is 1. The quantitative estimate of drug-likeness (QED) is 0.683. The van der Waals surface area contributed by atoms with Crippen molar-refractivity contribution in [3.63, 3.8) is 0 Å². The van der Waals surface area contributed by atoms with Crippen LogP contribution in [0.4, 0.5) is 19.4 Å². The Labute approximate surface area is 170 Å². The largest absolute Gasteiger partial charge is 0.490 e. The molecule has 0 saturated heterocycles. The third-order valence-electron chi connectivity index (χ3n) is 5.16. The summed E-state index contributed by atoms with van der Waals surface area (Å²) in [6, 6.07) is 8.07. The molecule has 2 aromatic heterocycles. The number of anilines is 1. The summed E-state index contributed by atoms with van der Waals surface area (Å²) >= 11 is 0. The number of carbonyl (C=O) groups is 1. The highest BCUT2D eigenvalue weighted by atomic mass is 19.1. The second kappa shape index (κ2) is 7.25. The number of aromatic nitrogens is 2. The highest BCUT2D eigenvalue weighted by molar-refractivity contribution is 5.89. The van der Waals surface area contributed by atoms with E-state index in [1.54, 1.807) is 36.7 Å². The molecular formula is C21H16F2N4O3. The van der Waals surface area contributed by atoms with E-state index in [0.717, 1.165) is 12.1 Å². The summed E-state index contributed by atoms with van der Waals surface area (Å²) in [6.07, 6.45) is 4.69. The summed E-state index contributed by atoms with van der Waals surface area (Å²) < 4.78 is 39.0. The second-order valence-corrected chi connectivity index (χ2v) is 7.07. The molecule has 1 saturated carbocycles. The molecule has 2 N–H and O–H groups in total. The zero-order valence-electron chi connectivity index (χ0n) is 15.5. The van der Waals surface area contributed by atoms with Crippen LogP contribution in [0.5, 0.6) is 17.2 Å². The molecule has 0 radical (unpaired) electrons. The Balaban J connectivity index is 1.21. The van der Waals surface area contributed by atoms with Gasteiger partial charge in [0, 0.05) is 29.6 Å². The maximum absolute atomic E-state index is 14.2. The standard InChI is InChI=1S/C21H16F2N4O3/c22-14-4-5-15(23)20-18(14)17-13(10-29-20)19(17)27-21(28)26-16-6-3-12(9-25-16)30-11-2-1-7-24-8-11/h1-9,13,17,19H,10H2,(H2,25,26,27,28). The molecule has 3 atom stereocenters. The molecule has 1 aliphatic heterocycles. The smallest absolute Gasteiger partial charge is 0.320 e. The lowest BCUT2D eigenvalue weighted by atomic mass is 10.0. The fourth-order valence-electron chi connectivity index (χ4n) is 3.72. The first-order valence-corrected chi connectivity index (χ1v) is 9.32. The minimum Gasteiger partial charge on any atom is -0.490 e. The molecule has 1 fully saturated rings. The zero-order chi connectivity index (χ0) is 20.7. The fourth-order valence-corrected chi connectivity index (χ4v) is 3.72. The van der Waals surface area contributed by atoms with Crippen molar-refractivity contribution in [2.24, 2.45) is 5.92 Å². The number of nitrogens with one attached hydrogen (secondary N) is 2. The van der Waals surface area contributed by atoms with Gasteiger partial charge >= 0.3 is 6.03 Å². The molecule has 3 aromatic rings. The van der Waals surface area contributed by atoms with Gasteiger partial charge in [0.1, 0.15) is 23.1 Å². The minimum atomic E-state index is -0.599. The van der Waals surface area contributed by atoms with Crippen molar-refractivity contribution in [2.45, 2.75) is 12.0 Å². The van der Waals surface area contributed by atoms with E-state index < -0.39 is 17.7 Å². The number of amides is 2. The Kier molecular flexibility index (Phi) is 4.42. The van der Waals surface area contributed by atoms with Crippen molar-refractivity contribution in [3.8, 4) is 17.2 Å². The number of hydrogen-bond donors (Lipinski definition) is 2. The van der Waals surface area contributed by atoms with Crippen molar-refractivity contribution >= 4 is 11.8 Å². The van der Waals surface area contributed by atoms with Gasteiger partial charge in [-0.2, -0.15) is 0 Å². The molecule has 2 amide bonds. The van der Waals surface area contributed by atoms with Crippen LogP contribution in [0, 0.1) is 17.6 Å². The number of hydrogen-bond acceptors (Lipinski definition) is 5. The summed E-state index contributed by atoms with van der Waals surface area (Å²) in [5.74, 6) is -0.209. The summed E-state index contributed by atoms with van der Waals surface area (Å²) in [7, 11) is 0. The van der Waals surface area contributed by atoms with E-state index in [0.29, 0.717) is 17.3 Å². The molecule has 5 rings (SSSR count). The van der Waals surface area contributed by atoms with Crippen molar-refractivity contribution in [1.82, 2.24) is 15.3 Å². The van der Waals surface area contributed by atoms with Crippen molar-refractivity contribution in [1.29, 1.82) is 0 Å². The van der Waals surface area contributed by atoms with E-state index in [1.165, 1.54) is 6.20 Å². The Morgan fingerprint density at radius 3 is 2.70 bits per heavy atom. The van der Waals surface area contributed by atoms with Crippen molar-refractivity contribution in [3.05, 3.63) is 72.2 Å². The van der Waals surface area contributed by atoms with Gasteiger partial charge in [0.25, 0.3) is 0 Å². The van der Waals surface area contributed by atoms with Crippen molar-refractivity contribution < 1.29 is 23.0 Å². The van der Waals surface area contributed by atoms with Crippen LogP contribution >= 0.6 is 0 Å². The van der Waals surface area contributed by atoms with E-state index in [4.69, 9.17) is 9.47 Å². The van der Waals surface area contributed by atoms with Gasteiger partial charge in [-0.15, -0.1) is 0 Å². The first kappa shape index (κ1) is 18.3. The third-order valence-corrected chi connectivity index (χ3v) is 5.16. The van der Waals surface area contributed by atoms with Crippen LogP contribution in [0.2, 0.25) is 0 Å². The molecule has 2 aliphatic rings. The van der Waals surface area contributed by atoms with Gasteiger partial charge in [0.2, 0.25) is 0 Å². The van der Waals surface area contributed by atoms with Crippen LogP contribution < -0.4 is 20.1 Å². The molecule has 0 bridgehead atoms. The minimum absolute atomic E-state index is 0.0631. The van der Waals surface area contributed by atoms with Gasteiger partial charge in [-0.1, -0.05) is 0 Å². The number of halogens is 2. The van der Waals surface area contributed by atoms with Crippen LogP contribution in [0.15, 0.2) is 55.0 Å². The van der Waals surface area contributed by atoms with E-state index in [9.17, 15) is 13.6 Å². The van der Waals surface area contributed by atoms with Gasteiger partial charge in [0.05, 0.1) is 19.0 Å². The molecule has 0 spiro atoms. The SMILES string of the molecule is O=C(Nc1ccc(Oc2cccnc2)cn1)NC1C2COc3c(F)ccc(F)c3C21. The summed E-state index contributed by atoms with van der Waals surface area (Å²) in [5, 5.41) is 5.41. The summed E-state index contributed by atoms with van der Waals surface area (Å²) in [5.41, 5.74) is 0.187. The van der Waals surface area contributed by atoms with Crippen LogP contribution in [0.25, 0.3) is 0 Å². The maximum Gasteiger partial charge on any atom is 0.320 e. The van der Waals surface area contributed by atoms with Crippen LogP contribution in [-0.2, 0) is 0 Å². The molecule has 7 nitrogen and oxygen atoms in total. The zero-order valence-corrected chi connectivity index (χ0v) is 15.5. The second-order valence-electron chi connectivity index (χ2n) is 7.07. The number of rotatable bonds is 4. The number of ether oxygens (including phenoxy) is 2. The average Bonchev–Trinajstić information content (AvgIpc) is 3.45. The molecule has 9 heteroatoms. The lowest BCUT2D eigenvalue weighted by molar-refractivity contribution is 0.247. The van der Waals surface area contributed by atoms with Gasteiger partial charge in [0.15, 0.2) is 11.6 Å². The predicted octanol–water partition coefficient (Wildman–Crippen LogP) is 3.84. The molecule has 3 heterocycles. The van der Waals surface area contributed by atoms with Gasteiger partial charge in [-0.05, 0) is 36.4 Å². The van der Waals surface area contributed by atoms with E-state index in [2.05, 4.69) is 20.6 Å². The van der Waals surface area contributed by atoms with Crippen molar-refractivity contribution in [2.75, 3.05) is 11.9 Å². The Morgan fingerprint density at radius 1 is 1.10 bits per heavy atom. The molecule has 152 valence electrons. The van der Waals surface area contributed by atoms with E-state index in [-0.39, 0.29) is 35.8 Å². The van der Waals surface area contributed by atoms with Gasteiger partial charge in [-0.25, -0.2) is 18.6 Å². The lowest BCUT2D eigenvalue weighted by Crippen LogP contribution is -2.32. The Morgan fingerprint density at radius 2 is 1.93 bits per heavy atom. The van der Waals surface area contributed by atoms with E-state index in [1.807, 2.05) is 0 Å². The Hall–Kier alpha value is -3.75. The Bertz CT molecular complexity index is 1100. The first-order chi connectivity index (χ1) is 14.6.